The molecular weight excluding hydrogens is 196 g/mol. The fourth-order valence-corrected chi connectivity index (χ4v) is 1.53. The Morgan fingerprint density at radius 3 is 2.19 bits per heavy atom. The SMILES string of the molecule is CC.Cc1ccc2oc(C(C)(C)C)cc2c1. The zero-order valence-electron chi connectivity index (χ0n) is 11.2. The summed E-state index contributed by atoms with van der Waals surface area (Å²) in [6, 6.07) is 8.43. The summed E-state index contributed by atoms with van der Waals surface area (Å²) in [5.41, 5.74) is 2.35. The molecule has 2 rings (SSSR count). The summed E-state index contributed by atoms with van der Waals surface area (Å²) in [6.45, 7) is 12.6. The topological polar surface area (TPSA) is 13.1 Å². The molecule has 1 heterocycles. The molecule has 0 aliphatic carbocycles. The zero-order valence-corrected chi connectivity index (χ0v) is 11.2. The third-order valence-electron chi connectivity index (χ3n) is 2.41. The highest BCUT2D eigenvalue weighted by Gasteiger charge is 2.18. The van der Waals surface area contributed by atoms with Crippen molar-refractivity contribution in [1.82, 2.24) is 0 Å². The molecular formula is C15H22O. The van der Waals surface area contributed by atoms with E-state index in [0.29, 0.717) is 0 Å². The lowest BCUT2D eigenvalue weighted by Gasteiger charge is -2.13. The number of fused-ring (bicyclic) bond motifs is 1. The highest BCUT2D eigenvalue weighted by molar-refractivity contribution is 5.78. The molecule has 16 heavy (non-hydrogen) atoms. The Kier molecular flexibility index (Phi) is 3.79. The standard InChI is InChI=1S/C13H16O.C2H6/c1-9-5-6-11-10(7-9)8-12(14-11)13(2,3)4;1-2/h5-8H,1-4H3;1-2H3. The van der Waals surface area contributed by atoms with Crippen LogP contribution >= 0.6 is 0 Å². The molecule has 0 atom stereocenters. The second-order valence-electron chi connectivity index (χ2n) is 4.90. The van der Waals surface area contributed by atoms with Gasteiger partial charge in [-0.15, -0.1) is 0 Å². The smallest absolute Gasteiger partial charge is 0.134 e. The van der Waals surface area contributed by atoms with Crippen molar-refractivity contribution in [1.29, 1.82) is 0 Å². The van der Waals surface area contributed by atoms with Crippen molar-refractivity contribution in [3.8, 4) is 0 Å². The number of hydrogen-bond donors (Lipinski definition) is 0. The summed E-state index contributed by atoms with van der Waals surface area (Å²) < 4.78 is 5.79. The second-order valence-corrected chi connectivity index (χ2v) is 4.90. The maximum Gasteiger partial charge on any atom is 0.134 e. The summed E-state index contributed by atoms with van der Waals surface area (Å²) >= 11 is 0. The molecule has 1 aromatic carbocycles. The van der Waals surface area contributed by atoms with E-state index in [1.807, 2.05) is 19.9 Å². The molecule has 0 spiro atoms. The lowest BCUT2D eigenvalue weighted by molar-refractivity contribution is 0.430. The first kappa shape index (κ1) is 12.8. The highest BCUT2D eigenvalue weighted by Crippen LogP contribution is 2.29. The molecule has 0 fully saturated rings. The summed E-state index contributed by atoms with van der Waals surface area (Å²) in [6.07, 6.45) is 0. The van der Waals surface area contributed by atoms with Crippen LogP contribution in [-0.2, 0) is 5.41 Å². The molecule has 0 radical (unpaired) electrons. The lowest BCUT2D eigenvalue weighted by atomic mass is 9.93. The first-order valence-electron chi connectivity index (χ1n) is 5.97. The van der Waals surface area contributed by atoms with Gasteiger partial charge in [-0.1, -0.05) is 46.2 Å². The molecule has 0 bridgehead atoms. The highest BCUT2D eigenvalue weighted by atomic mass is 16.3. The quantitative estimate of drug-likeness (QED) is 0.602. The molecule has 0 saturated heterocycles. The largest absolute Gasteiger partial charge is 0.461 e. The average Bonchev–Trinajstić information content (AvgIpc) is 2.63. The molecule has 0 N–H and O–H groups in total. The van der Waals surface area contributed by atoms with Crippen molar-refractivity contribution in [2.24, 2.45) is 0 Å². The fraction of sp³-hybridized carbons (Fsp3) is 0.467. The molecule has 0 aliphatic heterocycles. The number of benzene rings is 1. The van der Waals surface area contributed by atoms with Gasteiger partial charge >= 0.3 is 0 Å². The van der Waals surface area contributed by atoms with E-state index in [0.717, 1.165) is 11.3 Å². The van der Waals surface area contributed by atoms with Crippen molar-refractivity contribution in [3.05, 3.63) is 35.6 Å². The van der Waals surface area contributed by atoms with Gasteiger partial charge < -0.3 is 4.42 Å². The first-order chi connectivity index (χ1) is 7.47. The van der Waals surface area contributed by atoms with E-state index in [4.69, 9.17) is 4.42 Å². The van der Waals surface area contributed by atoms with Crippen LogP contribution in [0.5, 0.6) is 0 Å². The third-order valence-corrected chi connectivity index (χ3v) is 2.41. The van der Waals surface area contributed by atoms with Crippen LogP contribution in [0.2, 0.25) is 0 Å². The number of furan rings is 1. The molecule has 0 amide bonds. The minimum absolute atomic E-state index is 0.0902. The predicted molar refractivity (Wildman–Crippen MR) is 71.0 cm³/mol. The Balaban J connectivity index is 0.000000606. The van der Waals surface area contributed by atoms with Gasteiger partial charge in [0.15, 0.2) is 0 Å². The molecule has 88 valence electrons. The Labute approximate surface area is 98.5 Å². The van der Waals surface area contributed by atoms with Crippen LogP contribution in [0.3, 0.4) is 0 Å². The van der Waals surface area contributed by atoms with E-state index in [1.54, 1.807) is 0 Å². The van der Waals surface area contributed by atoms with Crippen LogP contribution in [0, 0.1) is 6.92 Å². The van der Waals surface area contributed by atoms with Gasteiger partial charge in [0.25, 0.3) is 0 Å². The van der Waals surface area contributed by atoms with Crippen molar-refractivity contribution in [3.63, 3.8) is 0 Å². The first-order valence-corrected chi connectivity index (χ1v) is 5.97. The van der Waals surface area contributed by atoms with Gasteiger partial charge in [-0.3, -0.25) is 0 Å². The van der Waals surface area contributed by atoms with Gasteiger partial charge in [-0.05, 0) is 25.1 Å². The Hall–Kier alpha value is -1.24. The number of rotatable bonds is 0. The van der Waals surface area contributed by atoms with Crippen LogP contribution in [0.15, 0.2) is 28.7 Å². The van der Waals surface area contributed by atoms with Crippen LogP contribution in [0.1, 0.15) is 45.9 Å². The van der Waals surface area contributed by atoms with Gasteiger partial charge in [0.05, 0.1) is 0 Å². The average molecular weight is 218 g/mol. The van der Waals surface area contributed by atoms with Crippen LogP contribution in [-0.4, -0.2) is 0 Å². The molecule has 0 saturated carbocycles. The molecule has 1 heteroatoms. The number of aryl methyl sites for hydroxylation is 1. The molecule has 2 aromatic rings. The van der Waals surface area contributed by atoms with E-state index in [-0.39, 0.29) is 5.41 Å². The van der Waals surface area contributed by atoms with Crippen molar-refractivity contribution < 1.29 is 4.42 Å². The summed E-state index contributed by atoms with van der Waals surface area (Å²) in [5, 5.41) is 1.20. The molecule has 0 aliphatic rings. The van der Waals surface area contributed by atoms with Gasteiger partial charge in [0, 0.05) is 10.8 Å². The van der Waals surface area contributed by atoms with Crippen LogP contribution in [0.25, 0.3) is 11.0 Å². The predicted octanol–water partition coefficient (Wildman–Crippen LogP) is 5.06. The Bertz CT molecular complexity index is 458. The maximum atomic E-state index is 5.79. The van der Waals surface area contributed by atoms with Gasteiger partial charge in [0.2, 0.25) is 0 Å². The maximum absolute atomic E-state index is 5.79. The Morgan fingerprint density at radius 2 is 1.62 bits per heavy atom. The van der Waals surface area contributed by atoms with Crippen LogP contribution < -0.4 is 0 Å². The minimum Gasteiger partial charge on any atom is -0.461 e. The summed E-state index contributed by atoms with van der Waals surface area (Å²) in [4.78, 5) is 0. The van der Waals surface area contributed by atoms with E-state index in [2.05, 4.69) is 45.9 Å². The second kappa shape index (κ2) is 4.73. The van der Waals surface area contributed by atoms with E-state index >= 15 is 0 Å². The van der Waals surface area contributed by atoms with E-state index in [1.165, 1.54) is 10.9 Å². The summed E-state index contributed by atoms with van der Waals surface area (Å²) in [5.74, 6) is 1.05. The summed E-state index contributed by atoms with van der Waals surface area (Å²) in [7, 11) is 0. The van der Waals surface area contributed by atoms with Gasteiger partial charge in [0.1, 0.15) is 11.3 Å². The molecule has 1 aromatic heterocycles. The third kappa shape index (κ3) is 2.66. The fourth-order valence-electron chi connectivity index (χ4n) is 1.53. The Morgan fingerprint density at radius 1 is 1.00 bits per heavy atom. The molecule has 0 unspecified atom stereocenters. The zero-order chi connectivity index (χ0) is 12.3. The van der Waals surface area contributed by atoms with E-state index in [9.17, 15) is 0 Å². The van der Waals surface area contributed by atoms with Gasteiger partial charge in [-0.25, -0.2) is 0 Å². The van der Waals surface area contributed by atoms with Crippen molar-refractivity contribution in [2.45, 2.75) is 47.0 Å². The molecule has 1 nitrogen and oxygen atoms in total. The van der Waals surface area contributed by atoms with Crippen molar-refractivity contribution in [2.75, 3.05) is 0 Å². The van der Waals surface area contributed by atoms with Crippen LogP contribution in [0.4, 0.5) is 0 Å². The monoisotopic (exact) mass is 218 g/mol. The minimum atomic E-state index is 0.0902. The van der Waals surface area contributed by atoms with Crippen molar-refractivity contribution >= 4 is 11.0 Å². The number of hydrogen-bond acceptors (Lipinski definition) is 1. The normalized spacial score (nSPS) is 11.1. The van der Waals surface area contributed by atoms with E-state index < -0.39 is 0 Å². The lowest BCUT2D eigenvalue weighted by Crippen LogP contribution is -2.08. The van der Waals surface area contributed by atoms with Gasteiger partial charge in [-0.2, -0.15) is 0 Å².